The fraction of sp³-hybridized carbons (Fsp3) is 0.381. The van der Waals surface area contributed by atoms with Gasteiger partial charge >= 0.3 is 0 Å². The van der Waals surface area contributed by atoms with Gasteiger partial charge in [0.25, 0.3) is 0 Å². The van der Waals surface area contributed by atoms with Crippen molar-refractivity contribution in [1.82, 2.24) is 5.32 Å². The number of amides is 1. The minimum atomic E-state index is 0.0942. The second kappa shape index (κ2) is 8.93. The Balaban J connectivity index is 1.85. The Bertz CT molecular complexity index is 679. The van der Waals surface area contributed by atoms with Crippen LogP contribution in [0.5, 0.6) is 0 Å². The molecule has 1 N–H and O–H groups in total. The summed E-state index contributed by atoms with van der Waals surface area (Å²) in [5.74, 6) is 1.47. The minimum absolute atomic E-state index is 0.0942. The Hall–Kier alpha value is -1.74. The van der Waals surface area contributed by atoms with Crippen molar-refractivity contribution in [3.8, 4) is 0 Å². The van der Waals surface area contributed by atoms with Crippen LogP contribution in [0.25, 0.3) is 0 Å². The highest BCUT2D eigenvalue weighted by Gasteiger charge is 2.13. The summed E-state index contributed by atoms with van der Waals surface area (Å²) in [6.45, 7) is 8.42. The number of rotatable bonds is 7. The second-order valence-electron chi connectivity index (χ2n) is 6.35. The van der Waals surface area contributed by atoms with E-state index >= 15 is 0 Å². The molecule has 2 rings (SSSR count). The van der Waals surface area contributed by atoms with Crippen LogP contribution in [0.3, 0.4) is 0 Å². The van der Waals surface area contributed by atoms with Gasteiger partial charge in [-0.2, -0.15) is 0 Å². The van der Waals surface area contributed by atoms with Crippen LogP contribution < -0.4 is 5.32 Å². The summed E-state index contributed by atoms with van der Waals surface area (Å²) in [6, 6.07) is 15.0. The standard InChI is InChI=1S/C21H27NOS/c1-5-20(19-11-8-16(3)17(4)12-19)22-21(23)14-24-13-18-9-6-15(2)7-10-18/h6-12,20H,5,13-14H2,1-4H3,(H,22,23)/t20-/m0/s1. The van der Waals surface area contributed by atoms with E-state index in [1.54, 1.807) is 11.8 Å². The number of nitrogens with one attached hydrogen (secondary N) is 1. The maximum Gasteiger partial charge on any atom is 0.230 e. The van der Waals surface area contributed by atoms with Gasteiger partial charge < -0.3 is 5.32 Å². The number of carbonyl (C=O) groups excluding carboxylic acids is 1. The molecule has 2 aromatic rings. The first-order valence-electron chi connectivity index (χ1n) is 8.49. The summed E-state index contributed by atoms with van der Waals surface area (Å²) in [7, 11) is 0. The van der Waals surface area contributed by atoms with Gasteiger partial charge in [-0.3, -0.25) is 4.79 Å². The molecule has 24 heavy (non-hydrogen) atoms. The molecule has 0 aromatic heterocycles. The zero-order valence-corrected chi connectivity index (χ0v) is 15.9. The molecule has 0 radical (unpaired) electrons. The third kappa shape index (κ3) is 5.41. The van der Waals surface area contributed by atoms with E-state index in [2.05, 4.69) is 75.5 Å². The van der Waals surface area contributed by atoms with Crippen LogP contribution in [-0.2, 0) is 10.5 Å². The lowest BCUT2D eigenvalue weighted by Gasteiger charge is -2.18. The first-order chi connectivity index (χ1) is 11.5. The molecule has 2 aromatic carbocycles. The summed E-state index contributed by atoms with van der Waals surface area (Å²) in [4.78, 5) is 12.2. The van der Waals surface area contributed by atoms with Crippen molar-refractivity contribution in [2.45, 2.75) is 45.9 Å². The van der Waals surface area contributed by atoms with Gasteiger partial charge in [-0.05, 0) is 49.4 Å². The van der Waals surface area contributed by atoms with Crippen molar-refractivity contribution in [3.63, 3.8) is 0 Å². The van der Waals surface area contributed by atoms with Gasteiger partial charge in [-0.25, -0.2) is 0 Å². The van der Waals surface area contributed by atoms with Crippen molar-refractivity contribution in [3.05, 3.63) is 70.3 Å². The van der Waals surface area contributed by atoms with E-state index in [1.165, 1.54) is 27.8 Å². The molecule has 0 aliphatic heterocycles. The van der Waals surface area contributed by atoms with E-state index in [0.717, 1.165) is 12.2 Å². The molecule has 0 unspecified atom stereocenters. The van der Waals surface area contributed by atoms with E-state index < -0.39 is 0 Å². The maximum absolute atomic E-state index is 12.2. The molecule has 0 aliphatic rings. The number of hydrogen-bond donors (Lipinski definition) is 1. The Morgan fingerprint density at radius 2 is 1.75 bits per heavy atom. The van der Waals surface area contributed by atoms with Gasteiger partial charge in [-0.15, -0.1) is 11.8 Å². The summed E-state index contributed by atoms with van der Waals surface area (Å²) in [5.41, 5.74) is 6.28. The molecule has 0 aliphatic carbocycles. The zero-order chi connectivity index (χ0) is 17.5. The third-order valence-electron chi connectivity index (χ3n) is 4.30. The summed E-state index contributed by atoms with van der Waals surface area (Å²) >= 11 is 1.66. The van der Waals surface area contributed by atoms with Crippen molar-refractivity contribution in [2.24, 2.45) is 0 Å². The van der Waals surface area contributed by atoms with Gasteiger partial charge in [0.15, 0.2) is 0 Å². The van der Waals surface area contributed by atoms with Crippen molar-refractivity contribution >= 4 is 17.7 Å². The first kappa shape index (κ1) is 18.6. The topological polar surface area (TPSA) is 29.1 Å². The fourth-order valence-electron chi connectivity index (χ4n) is 2.58. The van der Waals surface area contributed by atoms with Crippen LogP contribution in [0.2, 0.25) is 0 Å². The molecule has 0 spiro atoms. The molecule has 0 bridgehead atoms. The number of carbonyl (C=O) groups is 1. The molecule has 1 amide bonds. The predicted octanol–water partition coefficient (Wildman–Crippen LogP) is 5.11. The maximum atomic E-state index is 12.2. The lowest BCUT2D eigenvalue weighted by atomic mass is 9.99. The van der Waals surface area contributed by atoms with Crippen LogP contribution in [0.4, 0.5) is 0 Å². The number of hydrogen-bond acceptors (Lipinski definition) is 2. The van der Waals surface area contributed by atoms with Crippen molar-refractivity contribution in [1.29, 1.82) is 0 Å². The molecule has 3 heteroatoms. The highest BCUT2D eigenvalue weighted by Crippen LogP contribution is 2.20. The summed E-state index contributed by atoms with van der Waals surface area (Å²) in [6.07, 6.45) is 0.900. The molecule has 0 saturated carbocycles. The Morgan fingerprint density at radius 3 is 2.38 bits per heavy atom. The smallest absolute Gasteiger partial charge is 0.230 e. The lowest BCUT2D eigenvalue weighted by molar-refractivity contribution is -0.119. The zero-order valence-electron chi connectivity index (χ0n) is 15.1. The van der Waals surface area contributed by atoms with Gasteiger partial charge in [-0.1, -0.05) is 55.0 Å². The van der Waals surface area contributed by atoms with E-state index in [4.69, 9.17) is 0 Å². The molecular weight excluding hydrogens is 314 g/mol. The molecular formula is C21H27NOS. The third-order valence-corrected chi connectivity index (χ3v) is 5.30. The first-order valence-corrected chi connectivity index (χ1v) is 9.65. The SMILES string of the molecule is CC[C@H](NC(=O)CSCc1ccc(C)cc1)c1ccc(C)c(C)c1. The molecule has 2 nitrogen and oxygen atoms in total. The predicted molar refractivity (Wildman–Crippen MR) is 104 cm³/mol. The van der Waals surface area contributed by atoms with Gasteiger partial charge in [0.05, 0.1) is 11.8 Å². The average Bonchev–Trinajstić information content (AvgIpc) is 2.57. The van der Waals surface area contributed by atoms with Crippen molar-refractivity contribution < 1.29 is 4.79 Å². The van der Waals surface area contributed by atoms with E-state index in [-0.39, 0.29) is 11.9 Å². The quantitative estimate of drug-likeness (QED) is 0.758. The monoisotopic (exact) mass is 341 g/mol. The average molecular weight is 342 g/mol. The van der Waals surface area contributed by atoms with Gasteiger partial charge in [0, 0.05) is 5.75 Å². The Labute approximate surface area is 150 Å². The Morgan fingerprint density at radius 1 is 1.04 bits per heavy atom. The molecule has 0 saturated heterocycles. The molecule has 0 fully saturated rings. The van der Waals surface area contributed by atoms with E-state index in [9.17, 15) is 4.79 Å². The highest BCUT2D eigenvalue weighted by atomic mass is 32.2. The number of thioether (sulfide) groups is 1. The van der Waals surface area contributed by atoms with E-state index in [0.29, 0.717) is 5.75 Å². The van der Waals surface area contributed by atoms with Gasteiger partial charge in [0.2, 0.25) is 5.91 Å². The Kier molecular flexibility index (Phi) is 6.92. The molecule has 1 atom stereocenters. The van der Waals surface area contributed by atoms with Crippen LogP contribution in [0.1, 0.15) is 47.2 Å². The minimum Gasteiger partial charge on any atom is -0.349 e. The summed E-state index contributed by atoms with van der Waals surface area (Å²) < 4.78 is 0. The van der Waals surface area contributed by atoms with Crippen LogP contribution >= 0.6 is 11.8 Å². The van der Waals surface area contributed by atoms with Crippen LogP contribution in [-0.4, -0.2) is 11.7 Å². The number of aryl methyl sites for hydroxylation is 3. The molecule has 0 heterocycles. The highest BCUT2D eigenvalue weighted by molar-refractivity contribution is 7.99. The second-order valence-corrected chi connectivity index (χ2v) is 7.34. The largest absolute Gasteiger partial charge is 0.349 e. The van der Waals surface area contributed by atoms with E-state index in [1.807, 2.05) is 0 Å². The van der Waals surface area contributed by atoms with Crippen molar-refractivity contribution in [2.75, 3.05) is 5.75 Å². The fourth-order valence-corrected chi connectivity index (χ4v) is 3.38. The summed E-state index contributed by atoms with van der Waals surface area (Å²) in [5, 5.41) is 3.17. The van der Waals surface area contributed by atoms with Crippen LogP contribution in [0.15, 0.2) is 42.5 Å². The lowest BCUT2D eigenvalue weighted by Crippen LogP contribution is -2.29. The van der Waals surface area contributed by atoms with Gasteiger partial charge in [0.1, 0.15) is 0 Å². The molecule has 128 valence electrons. The van der Waals surface area contributed by atoms with Crippen LogP contribution in [0, 0.1) is 20.8 Å². The normalized spacial score (nSPS) is 12.0. The number of benzene rings is 2.